The third kappa shape index (κ3) is 9.39. The van der Waals surface area contributed by atoms with E-state index in [1.807, 2.05) is 12.1 Å². The highest BCUT2D eigenvalue weighted by Crippen LogP contribution is 2.21. The van der Waals surface area contributed by atoms with Gasteiger partial charge in [0, 0.05) is 64.2 Å². The van der Waals surface area contributed by atoms with Crippen molar-refractivity contribution in [3.05, 3.63) is 99.4 Å². The second kappa shape index (κ2) is 15.2. The highest BCUT2D eigenvalue weighted by molar-refractivity contribution is 9.10. The Labute approximate surface area is 274 Å². The van der Waals surface area contributed by atoms with Crippen molar-refractivity contribution in [3.8, 4) is 17.5 Å². The lowest BCUT2D eigenvalue weighted by Crippen LogP contribution is -2.99. The summed E-state index contributed by atoms with van der Waals surface area (Å²) < 4.78 is 18.3. The van der Waals surface area contributed by atoms with Crippen LogP contribution in [0.25, 0.3) is 0 Å². The van der Waals surface area contributed by atoms with Gasteiger partial charge >= 0.3 is 6.09 Å². The average molecular weight is 745 g/mol. The number of benzene rings is 1. The summed E-state index contributed by atoms with van der Waals surface area (Å²) in [6.45, 7) is 1.97. The molecule has 5 heterocycles. The maximum Gasteiger partial charge on any atom is 0.415 e. The standard InChI is InChI=1S/C15H14BrN3O5.C14H13BrN4O2/c16-10-1-6-14(17-7-10)23-13-8-18(9-13)15(20)24-12-4-2-11(3-5-12)19(21)22;15-10-1-2-13(18-6-10)21-12-8-19(9-12)14(20)5-11-7-16-3-4-17-11/h1-7,13,19,21H,8-9H2;1-4,6-7,12H,5,8-9H2. The number of amides is 2. The molecule has 16 heteroatoms. The van der Waals surface area contributed by atoms with Crippen LogP contribution in [0.2, 0.25) is 0 Å². The molecule has 0 radical (unpaired) electrons. The van der Waals surface area contributed by atoms with E-state index in [0.717, 1.165) is 8.95 Å². The van der Waals surface area contributed by atoms with Crippen molar-refractivity contribution < 1.29 is 34.2 Å². The minimum absolute atomic E-state index is 0.00415. The summed E-state index contributed by atoms with van der Waals surface area (Å²) in [5.74, 6) is 1.41. The molecule has 2 amide bonds. The fourth-order valence-corrected chi connectivity index (χ4v) is 4.57. The zero-order valence-corrected chi connectivity index (χ0v) is 26.7. The molecular formula is C29H27Br2N7O7. The van der Waals surface area contributed by atoms with E-state index in [1.165, 1.54) is 29.2 Å². The second-order valence-electron chi connectivity index (χ2n) is 9.88. The Morgan fingerprint density at radius 2 is 1.40 bits per heavy atom. The maximum absolute atomic E-state index is 12.0. The first kappa shape index (κ1) is 32.2. The Morgan fingerprint density at radius 3 is 1.89 bits per heavy atom. The Hall–Kier alpha value is -4.22. The number of hydrogen-bond donors (Lipinski definition) is 2. The van der Waals surface area contributed by atoms with E-state index >= 15 is 0 Å². The molecule has 2 N–H and O–H groups in total. The molecule has 0 spiro atoms. The molecule has 1 aromatic carbocycles. The lowest BCUT2D eigenvalue weighted by molar-refractivity contribution is -0.991. The van der Waals surface area contributed by atoms with Crippen LogP contribution < -0.4 is 19.4 Å². The van der Waals surface area contributed by atoms with Gasteiger partial charge in [-0.15, -0.1) is 0 Å². The highest BCUT2D eigenvalue weighted by Gasteiger charge is 2.34. The van der Waals surface area contributed by atoms with Gasteiger partial charge in [-0.2, -0.15) is 5.23 Å². The van der Waals surface area contributed by atoms with Crippen molar-refractivity contribution in [2.24, 2.45) is 0 Å². The van der Waals surface area contributed by atoms with Crippen LogP contribution in [-0.2, 0) is 11.2 Å². The average Bonchev–Trinajstić information content (AvgIpc) is 2.99. The Morgan fingerprint density at radius 1 is 0.822 bits per heavy atom. The van der Waals surface area contributed by atoms with Crippen molar-refractivity contribution in [1.29, 1.82) is 0 Å². The fourth-order valence-electron chi connectivity index (χ4n) is 4.10. The van der Waals surface area contributed by atoms with E-state index in [1.54, 1.807) is 48.0 Å². The van der Waals surface area contributed by atoms with Gasteiger partial charge in [-0.25, -0.2) is 20.0 Å². The number of carbonyl (C=O) groups is 2. The van der Waals surface area contributed by atoms with Crippen LogP contribution in [0.15, 0.2) is 88.5 Å². The van der Waals surface area contributed by atoms with E-state index in [2.05, 4.69) is 51.8 Å². The summed E-state index contributed by atoms with van der Waals surface area (Å²) in [5, 5.41) is 18.6. The number of rotatable bonds is 8. The molecule has 2 fully saturated rings. The topological polar surface area (TPSA) is 168 Å². The van der Waals surface area contributed by atoms with Gasteiger partial charge < -0.3 is 29.2 Å². The molecular weight excluding hydrogens is 718 g/mol. The summed E-state index contributed by atoms with van der Waals surface area (Å²) >= 11 is 6.62. The molecule has 6 rings (SSSR count). The fraction of sp³-hybridized carbons (Fsp3) is 0.241. The second-order valence-corrected chi connectivity index (χ2v) is 11.7. The predicted molar refractivity (Wildman–Crippen MR) is 165 cm³/mol. The van der Waals surface area contributed by atoms with Crippen LogP contribution in [0.1, 0.15) is 5.69 Å². The number of quaternary nitrogens is 1. The van der Waals surface area contributed by atoms with Crippen molar-refractivity contribution >= 4 is 49.5 Å². The van der Waals surface area contributed by atoms with Gasteiger partial charge in [-0.3, -0.25) is 14.8 Å². The normalized spacial score (nSPS) is 15.1. The summed E-state index contributed by atoms with van der Waals surface area (Å²) in [5.41, 5.74) is 0.815. The van der Waals surface area contributed by atoms with Crippen LogP contribution in [0.4, 0.5) is 10.5 Å². The van der Waals surface area contributed by atoms with Crippen molar-refractivity contribution in [1.82, 2.24) is 29.7 Å². The van der Waals surface area contributed by atoms with Gasteiger partial charge in [0.25, 0.3) is 0 Å². The van der Waals surface area contributed by atoms with E-state index in [9.17, 15) is 14.8 Å². The van der Waals surface area contributed by atoms with Crippen LogP contribution >= 0.6 is 31.9 Å². The first-order valence-corrected chi connectivity index (χ1v) is 15.2. The van der Waals surface area contributed by atoms with Gasteiger partial charge in [-0.1, -0.05) is 0 Å². The van der Waals surface area contributed by atoms with Gasteiger partial charge in [0.1, 0.15) is 18.0 Å². The molecule has 234 valence electrons. The summed E-state index contributed by atoms with van der Waals surface area (Å²) in [4.78, 5) is 43.5. The molecule has 0 saturated carbocycles. The van der Waals surface area contributed by atoms with Crippen LogP contribution in [0.5, 0.6) is 17.5 Å². The molecule has 1 atom stereocenters. The number of pyridine rings is 2. The third-order valence-electron chi connectivity index (χ3n) is 6.54. The molecule has 4 aromatic rings. The highest BCUT2D eigenvalue weighted by atomic mass is 79.9. The maximum atomic E-state index is 12.0. The Bertz CT molecular complexity index is 1560. The van der Waals surface area contributed by atoms with E-state index in [-0.39, 0.29) is 30.2 Å². The van der Waals surface area contributed by atoms with Crippen molar-refractivity contribution in [3.63, 3.8) is 0 Å². The van der Waals surface area contributed by atoms with Crippen LogP contribution in [0, 0.1) is 5.21 Å². The summed E-state index contributed by atoms with van der Waals surface area (Å²) in [7, 11) is 0. The molecule has 1 unspecified atom stereocenters. The minimum atomic E-state index is -1.03. The molecule has 3 aromatic heterocycles. The zero-order chi connectivity index (χ0) is 31.8. The first-order valence-electron chi connectivity index (χ1n) is 13.6. The number of nitrogens with zero attached hydrogens (tertiary/aromatic N) is 6. The number of hydrogen-bond acceptors (Lipinski definition) is 11. The number of halogens is 2. The number of carbonyl (C=O) groups excluding carboxylic acids is 2. The lowest BCUT2D eigenvalue weighted by atomic mass is 10.1. The number of likely N-dealkylation sites (tertiary alicyclic amines) is 2. The van der Waals surface area contributed by atoms with Gasteiger partial charge in [0.05, 0.1) is 38.3 Å². The minimum Gasteiger partial charge on any atom is -0.595 e. The molecule has 0 bridgehead atoms. The Balaban J connectivity index is 0.000000179. The lowest BCUT2D eigenvalue weighted by Gasteiger charge is -2.38. The van der Waals surface area contributed by atoms with Gasteiger partial charge in [-0.05, 0) is 56.1 Å². The molecule has 14 nitrogen and oxygen atoms in total. The van der Waals surface area contributed by atoms with Crippen molar-refractivity contribution in [2.45, 2.75) is 18.6 Å². The third-order valence-corrected chi connectivity index (χ3v) is 7.48. The monoisotopic (exact) mass is 743 g/mol. The number of aromatic nitrogens is 4. The van der Waals surface area contributed by atoms with Crippen LogP contribution in [0.3, 0.4) is 0 Å². The van der Waals surface area contributed by atoms with E-state index in [0.29, 0.717) is 49.4 Å². The zero-order valence-electron chi connectivity index (χ0n) is 23.5. The number of ether oxygens (including phenoxy) is 3. The van der Waals surface area contributed by atoms with Gasteiger partial charge in [0.2, 0.25) is 17.7 Å². The Kier molecular flexibility index (Phi) is 10.9. The molecule has 2 saturated heterocycles. The summed E-state index contributed by atoms with van der Waals surface area (Å²) in [6.07, 6.45) is 7.77. The molecule has 45 heavy (non-hydrogen) atoms. The SMILES string of the molecule is O=C(Cc1cnccn1)N1CC(Oc2ccc(Br)cn2)C1.O=C(Oc1ccc([NH+]([O-])O)cc1)N1CC(Oc2ccc(Br)cn2)C1. The molecule has 2 aliphatic rings. The largest absolute Gasteiger partial charge is 0.595 e. The predicted octanol–water partition coefficient (Wildman–Crippen LogP) is 2.98. The van der Waals surface area contributed by atoms with Crippen molar-refractivity contribution in [2.75, 3.05) is 26.2 Å². The summed E-state index contributed by atoms with van der Waals surface area (Å²) in [6, 6.07) is 12.9. The van der Waals surface area contributed by atoms with E-state index in [4.69, 9.17) is 19.4 Å². The smallest absolute Gasteiger partial charge is 0.415 e. The van der Waals surface area contributed by atoms with Crippen LogP contribution in [-0.4, -0.2) is 85.3 Å². The first-order chi connectivity index (χ1) is 21.7. The van der Waals surface area contributed by atoms with E-state index < -0.39 is 11.3 Å². The van der Waals surface area contributed by atoms with Gasteiger partial charge in [0.15, 0.2) is 5.69 Å². The quantitative estimate of drug-likeness (QED) is 0.255. The molecule has 2 aliphatic heterocycles. The molecule has 0 aliphatic carbocycles. The number of nitrogens with one attached hydrogen (secondary N) is 1.